The third kappa shape index (κ3) is 6.56. The second kappa shape index (κ2) is 9.02. The second-order valence-corrected chi connectivity index (χ2v) is 5.01. The first-order valence-corrected chi connectivity index (χ1v) is 7.02. The molecule has 0 amide bonds. The number of hydrogen-bond acceptors (Lipinski definition) is 4. The van der Waals surface area contributed by atoms with Gasteiger partial charge in [-0.2, -0.15) is 5.10 Å². The third-order valence-corrected chi connectivity index (χ3v) is 2.89. The normalized spacial score (nSPS) is 10.5. The molecule has 5 nitrogen and oxygen atoms in total. The molecule has 0 aliphatic heterocycles. The number of nitrogens with one attached hydrogen (secondary N) is 1. The number of carboxylic acids is 1. The number of pyridine rings is 1. The largest absolute Gasteiger partial charge is 0.481 e. The van der Waals surface area contributed by atoms with Crippen LogP contribution >= 0.6 is 23.2 Å². The van der Waals surface area contributed by atoms with Gasteiger partial charge >= 0.3 is 0 Å². The molecule has 0 bridgehead atoms. The Morgan fingerprint density at radius 1 is 1.23 bits per heavy atom. The summed E-state index contributed by atoms with van der Waals surface area (Å²) in [6.45, 7) is 2.94. The molecule has 0 saturated carbocycles. The molecule has 0 atom stereocenters. The lowest BCUT2D eigenvalue weighted by atomic mass is 10.1. The van der Waals surface area contributed by atoms with Gasteiger partial charge < -0.3 is 5.11 Å². The van der Waals surface area contributed by atoms with Crippen LogP contribution < -0.4 is 5.43 Å². The van der Waals surface area contributed by atoms with E-state index in [0.717, 1.165) is 18.2 Å². The van der Waals surface area contributed by atoms with Crippen molar-refractivity contribution in [1.82, 2.24) is 4.98 Å². The van der Waals surface area contributed by atoms with Gasteiger partial charge in [0.25, 0.3) is 5.97 Å². The highest BCUT2D eigenvalue weighted by atomic mass is 35.5. The summed E-state index contributed by atoms with van der Waals surface area (Å²) in [6, 6.07) is 10.8. The number of hydrogen-bond donors (Lipinski definition) is 2. The molecule has 0 aliphatic rings. The van der Waals surface area contributed by atoms with Crippen molar-refractivity contribution in [3.63, 3.8) is 0 Å². The summed E-state index contributed by atoms with van der Waals surface area (Å²) in [7, 11) is 0. The molecule has 0 saturated heterocycles. The Morgan fingerprint density at radius 2 is 1.91 bits per heavy atom. The van der Waals surface area contributed by atoms with Crippen molar-refractivity contribution in [2.75, 3.05) is 5.43 Å². The predicted octanol–water partition coefficient (Wildman–Crippen LogP) is 4.32. The van der Waals surface area contributed by atoms with Crippen LogP contribution in [0.1, 0.15) is 19.4 Å². The van der Waals surface area contributed by atoms with Crippen molar-refractivity contribution >= 4 is 40.7 Å². The molecule has 0 aliphatic carbocycles. The molecule has 116 valence electrons. The Balaban J connectivity index is 0.000000541. The van der Waals surface area contributed by atoms with E-state index in [0.29, 0.717) is 15.9 Å². The molecule has 1 aromatic carbocycles. The zero-order valence-electron chi connectivity index (χ0n) is 12.0. The molecule has 1 heterocycles. The predicted molar refractivity (Wildman–Crippen MR) is 89.8 cm³/mol. The van der Waals surface area contributed by atoms with Crippen molar-refractivity contribution in [3.05, 3.63) is 58.2 Å². The monoisotopic (exact) mass is 339 g/mol. The fourth-order valence-electron chi connectivity index (χ4n) is 1.41. The van der Waals surface area contributed by atoms with E-state index < -0.39 is 5.97 Å². The summed E-state index contributed by atoms with van der Waals surface area (Å²) >= 11 is 12.0. The number of aromatic nitrogens is 1. The Bertz CT molecular complexity index is 657. The molecule has 0 unspecified atom stereocenters. The Kier molecular flexibility index (Phi) is 7.36. The second-order valence-electron chi connectivity index (χ2n) is 4.17. The van der Waals surface area contributed by atoms with E-state index in [1.165, 1.54) is 0 Å². The van der Waals surface area contributed by atoms with Gasteiger partial charge in [-0.05, 0) is 37.3 Å². The average molecular weight is 340 g/mol. The fraction of sp³-hybridized carbons (Fsp3) is 0.133. The quantitative estimate of drug-likeness (QED) is 0.645. The molecule has 2 rings (SSSR count). The minimum absolute atomic E-state index is 0.614. The number of nitrogens with zero attached hydrogens (tertiary/aromatic N) is 2. The lowest BCUT2D eigenvalue weighted by Gasteiger charge is -2.05. The van der Waals surface area contributed by atoms with Crippen LogP contribution in [0.2, 0.25) is 10.0 Å². The fourth-order valence-corrected chi connectivity index (χ4v) is 1.83. The first-order valence-electron chi connectivity index (χ1n) is 6.26. The summed E-state index contributed by atoms with van der Waals surface area (Å²) in [4.78, 5) is 13.1. The van der Waals surface area contributed by atoms with Gasteiger partial charge in [-0.15, -0.1) is 0 Å². The maximum absolute atomic E-state index is 9.00. The SMILES string of the molecule is C/C(=N\Nc1ccccn1)c1cc(Cl)ccc1Cl.CC(=O)O. The summed E-state index contributed by atoms with van der Waals surface area (Å²) < 4.78 is 0. The average Bonchev–Trinajstić information content (AvgIpc) is 2.48. The summed E-state index contributed by atoms with van der Waals surface area (Å²) in [5.41, 5.74) is 4.41. The van der Waals surface area contributed by atoms with Gasteiger partial charge in [0, 0.05) is 28.7 Å². The van der Waals surface area contributed by atoms with E-state index in [4.69, 9.17) is 33.1 Å². The summed E-state index contributed by atoms with van der Waals surface area (Å²) in [5.74, 6) is -0.157. The van der Waals surface area contributed by atoms with Crippen LogP contribution in [0.4, 0.5) is 5.82 Å². The van der Waals surface area contributed by atoms with Crippen molar-refractivity contribution in [1.29, 1.82) is 0 Å². The number of rotatable bonds is 3. The lowest BCUT2D eigenvalue weighted by molar-refractivity contribution is -0.134. The number of aliphatic carboxylic acids is 1. The highest BCUT2D eigenvalue weighted by Gasteiger charge is 2.04. The molecule has 0 spiro atoms. The molecular weight excluding hydrogens is 325 g/mol. The smallest absolute Gasteiger partial charge is 0.300 e. The van der Waals surface area contributed by atoms with Crippen molar-refractivity contribution < 1.29 is 9.90 Å². The van der Waals surface area contributed by atoms with Gasteiger partial charge in [0.1, 0.15) is 5.82 Å². The van der Waals surface area contributed by atoms with Crippen LogP contribution in [0, 0.1) is 0 Å². The van der Waals surface area contributed by atoms with Gasteiger partial charge in [-0.25, -0.2) is 4.98 Å². The van der Waals surface area contributed by atoms with E-state index in [9.17, 15) is 0 Å². The molecule has 2 N–H and O–H groups in total. The van der Waals surface area contributed by atoms with E-state index in [1.807, 2.05) is 25.1 Å². The highest BCUT2D eigenvalue weighted by molar-refractivity contribution is 6.36. The minimum Gasteiger partial charge on any atom is -0.481 e. The Morgan fingerprint density at radius 3 is 2.50 bits per heavy atom. The first-order chi connectivity index (χ1) is 10.4. The van der Waals surface area contributed by atoms with Crippen molar-refractivity contribution in [2.45, 2.75) is 13.8 Å². The maximum atomic E-state index is 9.00. The van der Waals surface area contributed by atoms with Crippen molar-refractivity contribution in [2.24, 2.45) is 5.10 Å². The van der Waals surface area contributed by atoms with Crippen molar-refractivity contribution in [3.8, 4) is 0 Å². The molecular formula is C15H15Cl2N3O2. The summed E-state index contributed by atoms with van der Waals surface area (Å²) in [6.07, 6.45) is 1.69. The van der Waals surface area contributed by atoms with E-state index in [1.54, 1.807) is 24.4 Å². The highest BCUT2D eigenvalue weighted by Crippen LogP contribution is 2.21. The van der Waals surface area contributed by atoms with Gasteiger partial charge in [-0.3, -0.25) is 10.2 Å². The molecule has 0 radical (unpaired) electrons. The Hall–Kier alpha value is -2.11. The maximum Gasteiger partial charge on any atom is 0.300 e. The number of carboxylic acid groups (broad SMARTS) is 1. The van der Waals surface area contributed by atoms with Crippen LogP contribution in [-0.2, 0) is 4.79 Å². The molecule has 1 aromatic heterocycles. The number of anilines is 1. The number of benzene rings is 1. The van der Waals surface area contributed by atoms with E-state index >= 15 is 0 Å². The van der Waals surface area contributed by atoms with Crippen LogP contribution in [0.3, 0.4) is 0 Å². The molecule has 2 aromatic rings. The third-order valence-electron chi connectivity index (χ3n) is 2.32. The van der Waals surface area contributed by atoms with Gasteiger partial charge in [0.2, 0.25) is 0 Å². The summed E-state index contributed by atoms with van der Waals surface area (Å²) in [5, 5.41) is 12.9. The standard InChI is InChI=1S/C13H11Cl2N3.C2H4O2/c1-9(11-8-10(14)5-6-12(11)15)17-18-13-4-2-3-7-16-13;1-2(3)4/h2-8H,1H3,(H,16,18);1H3,(H,3,4)/b17-9+;. The number of hydrazone groups is 1. The molecule has 0 fully saturated rings. The lowest BCUT2D eigenvalue weighted by Crippen LogP contribution is -2.01. The minimum atomic E-state index is -0.833. The van der Waals surface area contributed by atoms with E-state index in [2.05, 4.69) is 15.5 Å². The topological polar surface area (TPSA) is 74.6 Å². The van der Waals surface area contributed by atoms with Crippen LogP contribution in [0.25, 0.3) is 0 Å². The zero-order valence-corrected chi connectivity index (χ0v) is 13.6. The molecule has 22 heavy (non-hydrogen) atoms. The first kappa shape index (κ1) is 17.9. The van der Waals surface area contributed by atoms with Gasteiger partial charge in [0.05, 0.1) is 5.71 Å². The zero-order chi connectivity index (χ0) is 16.5. The van der Waals surface area contributed by atoms with Crippen LogP contribution in [-0.4, -0.2) is 21.8 Å². The number of halogens is 2. The van der Waals surface area contributed by atoms with Crippen LogP contribution in [0.15, 0.2) is 47.7 Å². The van der Waals surface area contributed by atoms with Crippen LogP contribution in [0.5, 0.6) is 0 Å². The Labute approximate surface area is 138 Å². The van der Waals surface area contributed by atoms with E-state index in [-0.39, 0.29) is 0 Å². The number of carbonyl (C=O) groups is 1. The molecule has 7 heteroatoms. The van der Waals surface area contributed by atoms with Gasteiger partial charge in [-0.1, -0.05) is 29.3 Å². The van der Waals surface area contributed by atoms with Gasteiger partial charge in [0.15, 0.2) is 0 Å².